The van der Waals surface area contributed by atoms with Crippen LogP contribution in [-0.4, -0.2) is 10.1 Å². The molecule has 2 heterocycles. The van der Waals surface area contributed by atoms with Crippen molar-refractivity contribution in [3.63, 3.8) is 0 Å². The Labute approximate surface area is 92.6 Å². The number of hydrogen-bond acceptors (Lipinski definition) is 5. The van der Waals surface area contributed by atoms with E-state index in [2.05, 4.69) is 10.1 Å². The highest BCUT2D eigenvalue weighted by atomic mass is 16.5. The average molecular weight is 219 g/mol. The van der Waals surface area contributed by atoms with Gasteiger partial charge < -0.3 is 14.7 Å². The molecule has 0 bridgehead atoms. The summed E-state index contributed by atoms with van der Waals surface area (Å²) in [5, 5.41) is 3.92. The monoisotopic (exact) mass is 219 g/mol. The zero-order valence-electron chi connectivity index (χ0n) is 9.06. The highest BCUT2D eigenvalue weighted by Crippen LogP contribution is 2.37. The van der Waals surface area contributed by atoms with Crippen molar-refractivity contribution in [3.8, 4) is 11.7 Å². The Balaban J connectivity index is 1.93. The Morgan fingerprint density at radius 2 is 2.19 bits per heavy atom. The Hall–Kier alpha value is -1.62. The summed E-state index contributed by atoms with van der Waals surface area (Å²) in [6.07, 6.45) is 2.96. The lowest BCUT2D eigenvalue weighted by molar-refractivity contribution is 0.229. The third kappa shape index (κ3) is 1.36. The lowest BCUT2D eigenvalue weighted by Gasteiger charge is -2.34. The van der Waals surface area contributed by atoms with Gasteiger partial charge in [-0.3, -0.25) is 0 Å². The van der Waals surface area contributed by atoms with Crippen molar-refractivity contribution < 1.29 is 8.94 Å². The molecule has 2 N–H and O–H groups in total. The topological polar surface area (TPSA) is 78.1 Å². The van der Waals surface area contributed by atoms with Crippen molar-refractivity contribution in [1.82, 2.24) is 10.1 Å². The van der Waals surface area contributed by atoms with Crippen LogP contribution in [0.1, 0.15) is 30.8 Å². The van der Waals surface area contributed by atoms with Gasteiger partial charge in [-0.2, -0.15) is 4.98 Å². The smallest absolute Gasteiger partial charge is 0.293 e. The molecule has 1 aliphatic carbocycles. The van der Waals surface area contributed by atoms with Gasteiger partial charge >= 0.3 is 0 Å². The van der Waals surface area contributed by atoms with Crippen LogP contribution >= 0.6 is 0 Å². The minimum Gasteiger partial charge on any atom is -0.456 e. The van der Waals surface area contributed by atoms with Crippen molar-refractivity contribution in [2.24, 2.45) is 5.73 Å². The fourth-order valence-corrected chi connectivity index (χ4v) is 1.86. The van der Waals surface area contributed by atoms with E-state index in [0.29, 0.717) is 17.5 Å². The van der Waals surface area contributed by atoms with Crippen LogP contribution in [0.4, 0.5) is 0 Å². The molecule has 0 aromatic carbocycles. The standard InChI is InChI=1S/C11H13N3O2/c1-7-3-4-8(15-7)9-13-10(14-16-9)11(12)5-2-6-11/h3-4H,2,5-6,12H2,1H3. The van der Waals surface area contributed by atoms with Crippen molar-refractivity contribution in [1.29, 1.82) is 0 Å². The van der Waals surface area contributed by atoms with E-state index >= 15 is 0 Å². The number of hydrogen-bond donors (Lipinski definition) is 1. The fourth-order valence-electron chi connectivity index (χ4n) is 1.86. The molecule has 5 nitrogen and oxygen atoms in total. The first-order valence-corrected chi connectivity index (χ1v) is 5.37. The zero-order chi connectivity index (χ0) is 11.2. The SMILES string of the molecule is Cc1ccc(-c2nc(C3(N)CCC3)no2)o1. The van der Waals surface area contributed by atoms with E-state index in [0.717, 1.165) is 25.0 Å². The molecule has 0 saturated heterocycles. The summed E-state index contributed by atoms with van der Waals surface area (Å²) in [5.74, 6) is 2.41. The van der Waals surface area contributed by atoms with Crippen LogP contribution < -0.4 is 5.73 Å². The molecular formula is C11H13N3O2. The summed E-state index contributed by atoms with van der Waals surface area (Å²) in [4.78, 5) is 4.29. The highest BCUT2D eigenvalue weighted by molar-refractivity contribution is 5.44. The number of rotatable bonds is 2. The van der Waals surface area contributed by atoms with Gasteiger partial charge in [-0.15, -0.1) is 0 Å². The van der Waals surface area contributed by atoms with Crippen LogP contribution in [0, 0.1) is 6.92 Å². The molecule has 5 heteroatoms. The molecule has 0 spiro atoms. The Bertz CT molecular complexity index is 511. The molecule has 1 fully saturated rings. The van der Waals surface area contributed by atoms with Gasteiger partial charge in [0.25, 0.3) is 5.89 Å². The van der Waals surface area contributed by atoms with E-state index in [1.165, 1.54) is 0 Å². The van der Waals surface area contributed by atoms with Crippen molar-refractivity contribution in [2.45, 2.75) is 31.7 Å². The third-order valence-corrected chi connectivity index (χ3v) is 3.07. The number of furan rings is 1. The molecular weight excluding hydrogens is 206 g/mol. The minimum absolute atomic E-state index is 0.386. The van der Waals surface area contributed by atoms with E-state index in [1.807, 2.05) is 19.1 Å². The molecule has 0 atom stereocenters. The molecule has 0 radical (unpaired) electrons. The van der Waals surface area contributed by atoms with Gasteiger partial charge in [-0.05, 0) is 38.3 Å². The largest absolute Gasteiger partial charge is 0.456 e. The van der Waals surface area contributed by atoms with Gasteiger partial charge in [0.05, 0.1) is 5.54 Å². The Morgan fingerprint density at radius 1 is 1.38 bits per heavy atom. The first kappa shape index (κ1) is 9.59. The van der Waals surface area contributed by atoms with Crippen molar-refractivity contribution in [3.05, 3.63) is 23.7 Å². The van der Waals surface area contributed by atoms with Crippen molar-refractivity contribution in [2.75, 3.05) is 0 Å². The number of nitrogens with two attached hydrogens (primary N) is 1. The molecule has 0 aliphatic heterocycles. The number of aromatic nitrogens is 2. The maximum absolute atomic E-state index is 6.11. The summed E-state index contributed by atoms with van der Waals surface area (Å²) in [6.45, 7) is 1.87. The number of aryl methyl sites for hydroxylation is 1. The maximum Gasteiger partial charge on any atom is 0.293 e. The molecule has 2 aromatic heterocycles. The zero-order valence-corrected chi connectivity index (χ0v) is 9.06. The van der Waals surface area contributed by atoms with Gasteiger partial charge in [-0.25, -0.2) is 0 Å². The van der Waals surface area contributed by atoms with Crippen LogP contribution in [-0.2, 0) is 5.54 Å². The first-order chi connectivity index (χ1) is 7.67. The van der Waals surface area contributed by atoms with Crippen LogP contribution in [0.3, 0.4) is 0 Å². The van der Waals surface area contributed by atoms with E-state index in [1.54, 1.807) is 0 Å². The van der Waals surface area contributed by atoms with Gasteiger partial charge in [0.2, 0.25) is 0 Å². The second-order valence-electron chi connectivity index (χ2n) is 4.34. The molecule has 0 amide bonds. The maximum atomic E-state index is 6.11. The van der Waals surface area contributed by atoms with Crippen LogP contribution in [0.15, 0.2) is 21.1 Å². The summed E-state index contributed by atoms with van der Waals surface area (Å²) >= 11 is 0. The molecule has 84 valence electrons. The predicted octanol–water partition coefficient (Wildman–Crippen LogP) is 1.98. The molecule has 3 rings (SSSR count). The second kappa shape index (κ2) is 3.18. The van der Waals surface area contributed by atoms with Crippen LogP contribution in [0.25, 0.3) is 11.7 Å². The summed E-state index contributed by atoms with van der Waals surface area (Å²) in [5.41, 5.74) is 5.72. The molecule has 1 saturated carbocycles. The van der Waals surface area contributed by atoms with Gasteiger partial charge in [0.15, 0.2) is 11.6 Å². The molecule has 2 aromatic rings. The summed E-state index contributed by atoms with van der Waals surface area (Å²) in [7, 11) is 0. The average Bonchev–Trinajstić information content (AvgIpc) is 2.82. The van der Waals surface area contributed by atoms with Crippen LogP contribution in [0.2, 0.25) is 0 Å². The fraction of sp³-hybridized carbons (Fsp3) is 0.455. The minimum atomic E-state index is -0.386. The molecule has 16 heavy (non-hydrogen) atoms. The van der Waals surface area contributed by atoms with E-state index in [4.69, 9.17) is 14.7 Å². The van der Waals surface area contributed by atoms with Crippen molar-refractivity contribution >= 4 is 0 Å². The predicted molar refractivity (Wildman–Crippen MR) is 56.5 cm³/mol. The van der Waals surface area contributed by atoms with Gasteiger partial charge in [0.1, 0.15) is 5.76 Å². The first-order valence-electron chi connectivity index (χ1n) is 5.37. The van der Waals surface area contributed by atoms with Gasteiger partial charge in [0, 0.05) is 0 Å². The van der Waals surface area contributed by atoms with Gasteiger partial charge in [-0.1, -0.05) is 5.16 Å². The van der Waals surface area contributed by atoms with E-state index < -0.39 is 0 Å². The van der Waals surface area contributed by atoms with E-state index in [9.17, 15) is 0 Å². The second-order valence-corrected chi connectivity index (χ2v) is 4.34. The lowest BCUT2D eigenvalue weighted by atomic mass is 9.77. The number of nitrogens with zero attached hydrogens (tertiary/aromatic N) is 2. The molecule has 0 unspecified atom stereocenters. The van der Waals surface area contributed by atoms with E-state index in [-0.39, 0.29) is 5.54 Å². The quantitative estimate of drug-likeness (QED) is 0.835. The highest BCUT2D eigenvalue weighted by Gasteiger charge is 2.39. The van der Waals surface area contributed by atoms with Crippen LogP contribution in [0.5, 0.6) is 0 Å². The lowest BCUT2D eigenvalue weighted by Crippen LogP contribution is -2.44. The molecule has 1 aliphatic rings. The Morgan fingerprint density at radius 3 is 2.75 bits per heavy atom. The summed E-state index contributed by atoms with van der Waals surface area (Å²) in [6, 6.07) is 3.68. The normalized spacial score (nSPS) is 18.4. The summed E-state index contributed by atoms with van der Waals surface area (Å²) < 4.78 is 10.6. The Kier molecular flexibility index (Phi) is 1.91. The third-order valence-electron chi connectivity index (χ3n) is 3.07.